The fraction of sp³-hybridized carbons (Fsp3) is 0.440. The maximum atomic E-state index is 14.8. The third-order valence-electron chi connectivity index (χ3n) is 5.68. The number of allylic oxidation sites excluding steroid dienone is 1. The van der Waals surface area contributed by atoms with Gasteiger partial charge in [-0.25, -0.2) is 8.78 Å². The van der Waals surface area contributed by atoms with Crippen LogP contribution in [-0.2, 0) is 11.2 Å². The Labute approximate surface area is 167 Å². The highest BCUT2D eigenvalue weighted by Crippen LogP contribution is 2.36. The molecule has 1 fully saturated rings. The molecule has 0 unspecified atom stereocenters. The van der Waals surface area contributed by atoms with Gasteiger partial charge in [0, 0.05) is 6.61 Å². The van der Waals surface area contributed by atoms with E-state index < -0.39 is 0 Å². The van der Waals surface area contributed by atoms with Crippen molar-refractivity contribution in [2.24, 2.45) is 0 Å². The lowest BCUT2D eigenvalue weighted by atomic mass is 9.82. The van der Waals surface area contributed by atoms with Crippen molar-refractivity contribution in [3.63, 3.8) is 0 Å². The molecule has 2 aromatic rings. The quantitative estimate of drug-likeness (QED) is 0.437. The van der Waals surface area contributed by atoms with Crippen molar-refractivity contribution in [2.45, 2.75) is 63.9 Å². The summed E-state index contributed by atoms with van der Waals surface area (Å²) < 4.78 is 35.0. The lowest BCUT2D eigenvalue weighted by molar-refractivity contribution is 0.0249. The second-order valence-corrected chi connectivity index (χ2v) is 7.71. The van der Waals surface area contributed by atoms with Crippen LogP contribution in [0.3, 0.4) is 0 Å². The van der Waals surface area contributed by atoms with Crippen LogP contribution in [-0.4, -0.2) is 12.7 Å². The maximum absolute atomic E-state index is 14.8. The number of ether oxygens (including phenoxy) is 1. The molecule has 1 aliphatic carbocycles. The summed E-state index contributed by atoms with van der Waals surface area (Å²) in [4.78, 5) is 0. The Balaban J connectivity index is 1.69. The molecule has 0 atom stereocenters. The molecule has 0 saturated heterocycles. The first-order chi connectivity index (χ1) is 13.6. The second-order valence-electron chi connectivity index (χ2n) is 7.71. The van der Waals surface area contributed by atoms with E-state index in [2.05, 4.69) is 13.5 Å². The van der Waals surface area contributed by atoms with E-state index in [-0.39, 0.29) is 17.6 Å². The smallest absolute Gasteiger partial charge is 0.127 e. The van der Waals surface area contributed by atoms with Crippen LogP contribution in [0.5, 0.6) is 0 Å². The van der Waals surface area contributed by atoms with Gasteiger partial charge in [-0.2, -0.15) is 0 Å². The molecule has 1 nitrogen and oxygen atoms in total. The van der Waals surface area contributed by atoms with E-state index in [0.717, 1.165) is 56.3 Å². The largest absolute Gasteiger partial charge is 0.378 e. The van der Waals surface area contributed by atoms with Gasteiger partial charge < -0.3 is 4.74 Å². The van der Waals surface area contributed by atoms with E-state index >= 15 is 0 Å². The highest BCUT2D eigenvalue weighted by atomic mass is 19.1. The SMILES string of the molecule is C=CCCc1ccc(-c2ccc(C3CCC(OCCC)CC3)c(F)c2)cc1F. The molecule has 150 valence electrons. The molecule has 0 aromatic heterocycles. The number of hydrogen-bond donors (Lipinski definition) is 0. The Morgan fingerprint density at radius 3 is 2.29 bits per heavy atom. The van der Waals surface area contributed by atoms with Crippen LogP contribution in [0, 0.1) is 11.6 Å². The normalized spacial score (nSPS) is 19.5. The molecule has 0 aliphatic heterocycles. The number of aryl methyl sites for hydroxylation is 1. The van der Waals surface area contributed by atoms with E-state index in [4.69, 9.17) is 4.74 Å². The van der Waals surface area contributed by atoms with E-state index in [1.807, 2.05) is 18.2 Å². The highest BCUT2D eigenvalue weighted by Gasteiger charge is 2.24. The Hall–Kier alpha value is -2.00. The van der Waals surface area contributed by atoms with Crippen LogP contribution < -0.4 is 0 Å². The van der Waals surface area contributed by atoms with E-state index in [1.165, 1.54) is 6.07 Å². The van der Waals surface area contributed by atoms with Crippen molar-refractivity contribution in [3.05, 3.63) is 71.8 Å². The van der Waals surface area contributed by atoms with E-state index in [9.17, 15) is 8.78 Å². The van der Waals surface area contributed by atoms with Gasteiger partial charge in [0.2, 0.25) is 0 Å². The van der Waals surface area contributed by atoms with Crippen molar-refractivity contribution in [2.75, 3.05) is 6.61 Å². The predicted octanol–water partition coefficient (Wildman–Crippen LogP) is 7.20. The van der Waals surface area contributed by atoms with Crippen molar-refractivity contribution in [3.8, 4) is 11.1 Å². The fourth-order valence-corrected chi connectivity index (χ4v) is 4.05. The van der Waals surface area contributed by atoms with Crippen LogP contribution in [0.1, 0.15) is 62.5 Å². The average molecular weight is 385 g/mol. The number of halogens is 2. The van der Waals surface area contributed by atoms with Crippen molar-refractivity contribution >= 4 is 0 Å². The summed E-state index contributed by atoms with van der Waals surface area (Å²) in [6, 6.07) is 10.5. The minimum absolute atomic E-state index is 0.188. The summed E-state index contributed by atoms with van der Waals surface area (Å²) >= 11 is 0. The van der Waals surface area contributed by atoms with Gasteiger partial charge in [0.15, 0.2) is 0 Å². The molecule has 28 heavy (non-hydrogen) atoms. The molecule has 0 radical (unpaired) electrons. The zero-order chi connectivity index (χ0) is 19.9. The van der Waals surface area contributed by atoms with Gasteiger partial charge >= 0.3 is 0 Å². The van der Waals surface area contributed by atoms with E-state index in [0.29, 0.717) is 23.7 Å². The molecule has 2 aromatic carbocycles. The molecule has 1 saturated carbocycles. The summed E-state index contributed by atoms with van der Waals surface area (Å²) in [5.41, 5.74) is 2.88. The van der Waals surface area contributed by atoms with Gasteiger partial charge in [-0.05, 0) is 85.3 Å². The number of benzene rings is 2. The molecule has 0 amide bonds. The van der Waals surface area contributed by atoms with Crippen molar-refractivity contribution in [1.82, 2.24) is 0 Å². The number of hydrogen-bond acceptors (Lipinski definition) is 1. The molecule has 0 heterocycles. The monoisotopic (exact) mass is 384 g/mol. The fourth-order valence-electron chi connectivity index (χ4n) is 4.05. The van der Waals surface area contributed by atoms with Gasteiger partial charge in [0.1, 0.15) is 11.6 Å². The Bertz CT molecular complexity index is 791. The van der Waals surface area contributed by atoms with Crippen LogP contribution in [0.4, 0.5) is 8.78 Å². The summed E-state index contributed by atoms with van der Waals surface area (Å²) in [5, 5.41) is 0. The summed E-state index contributed by atoms with van der Waals surface area (Å²) in [6.45, 7) is 6.59. The Kier molecular flexibility index (Phi) is 7.38. The predicted molar refractivity (Wildman–Crippen MR) is 112 cm³/mol. The van der Waals surface area contributed by atoms with Gasteiger partial charge in [-0.1, -0.05) is 37.3 Å². The average Bonchev–Trinajstić information content (AvgIpc) is 2.72. The minimum atomic E-state index is -0.241. The molecule has 0 bridgehead atoms. The third kappa shape index (κ3) is 5.08. The maximum Gasteiger partial charge on any atom is 0.127 e. The zero-order valence-corrected chi connectivity index (χ0v) is 16.7. The molecule has 0 N–H and O–H groups in total. The minimum Gasteiger partial charge on any atom is -0.378 e. The Morgan fingerprint density at radius 2 is 1.68 bits per heavy atom. The second kappa shape index (κ2) is 9.97. The van der Waals surface area contributed by atoms with Gasteiger partial charge in [-0.15, -0.1) is 6.58 Å². The summed E-state index contributed by atoms with van der Waals surface area (Å²) in [7, 11) is 0. The Morgan fingerprint density at radius 1 is 1.00 bits per heavy atom. The van der Waals surface area contributed by atoms with Gasteiger partial charge in [0.05, 0.1) is 6.10 Å². The van der Waals surface area contributed by atoms with Gasteiger partial charge in [0.25, 0.3) is 0 Å². The summed E-state index contributed by atoms with van der Waals surface area (Å²) in [6.07, 6.45) is 8.40. The van der Waals surface area contributed by atoms with Crippen molar-refractivity contribution in [1.29, 1.82) is 0 Å². The molecular weight excluding hydrogens is 354 g/mol. The highest BCUT2D eigenvalue weighted by molar-refractivity contribution is 5.64. The first-order valence-electron chi connectivity index (χ1n) is 10.4. The molecular formula is C25H30F2O. The molecule has 3 heteroatoms. The van der Waals surface area contributed by atoms with Crippen molar-refractivity contribution < 1.29 is 13.5 Å². The van der Waals surface area contributed by atoms with Crippen LogP contribution in [0.2, 0.25) is 0 Å². The molecule has 0 spiro atoms. The topological polar surface area (TPSA) is 9.23 Å². The lowest BCUT2D eigenvalue weighted by Crippen LogP contribution is -2.21. The first kappa shape index (κ1) is 20.7. The molecule has 3 rings (SSSR count). The van der Waals surface area contributed by atoms with Crippen LogP contribution in [0.15, 0.2) is 49.1 Å². The summed E-state index contributed by atoms with van der Waals surface area (Å²) in [5.74, 6) is -0.186. The van der Waals surface area contributed by atoms with Gasteiger partial charge in [-0.3, -0.25) is 0 Å². The zero-order valence-electron chi connectivity index (χ0n) is 16.7. The number of rotatable bonds is 8. The van der Waals surface area contributed by atoms with E-state index in [1.54, 1.807) is 18.2 Å². The molecule has 1 aliphatic rings. The standard InChI is InChI=1S/C25H30F2O/c1-3-5-6-19-7-8-20(16-24(19)26)21-11-14-23(25(27)17-21)18-9-12-22(13-10-18)28-15-4-2/h3,7-8,11,14,16-18,22H,1,4-6,9-10,12-13,15H2,2H3. The third-order valence-corrected chi connectivity index (χ3v) is 5.68. The van der Waals surface area contributed by atoms with Crippen LogP contribution in [0.25, 0.3) is 11.1 Å². The lowest BCUT2D eigenvalue weighted by Gasteiger charge is -2.29. The van der Waals surface area contributed by atoms with Crippen LogP contribution >= 0.6 is 0 Å². The first-order valence-corrected chi connectivity index (χ1v) is 10.4.